The van der Waals surface area contributed by atoms with Crippen LogP contribution in [0.15, 0.2) is 53.7 Å². The minimum atomic E-state index is 0.654. The highest BCUT2D eigenvalue weighted by atomic mass is 35.5. The van der Waals surface area contributed by atoms with Gasteiger partial charge in [0.25, 0.3) is 0 Å². The van der Waals surface area contributed by atoms with Gasteiger partial charge >= 0.3 is 0 Å². The predicted octanol–water partition coefficient (Wildman–Crippen LogP) is 4.80. The van der Waals surface area contributed by atoms with Crippen LogP contribution in [-0.2, 0) is 17.0 Å². The first-order valence-electron chi connectivity index (χ1n) is 8.52. The number of halogens is 1. The first kappa shape index (κ1) is 19.4. The van der Waals surface area contributed by atoms with E-state index in [2.05, 4.69) is 20.8 Å². The second kappa shape index (κ2) is 9.56. The van der Waals surface area contributed by atoms with Crippen LogP contribution in [0.5, 0.6) is 0 Å². The number of ether oxygens (including phenoxy) is 1. The van der Waals surface area contributed by atoms with Crippen molar-refractivity contribution >= 4 is 23.4 Å². The average molecular weight is 399 g/mol. The van der Waals surface area contributed by atoms with Crippen molar-refractivity contribution in [3.05, 3.63) is 64.7 Å². The maximum absolute atomic E-state index is 8.91. The summed E-state index contributed by atoms with van der Waals surface area (Å²) in [5, 5.41) is 19.2. The fraction of sp³-hybridized carbons (Fsp3) is 0.250. The van der Waals surface area contributed by atoms with Gasteiger partial charge in [0.1, 0.15) is 0 Å². The summed E-state index contributed by atoms with van der Waals surface area (Å²) in [6.45, 7) is 1.41. The minimum absolute atomic E-state index is 0.654. The van der Waals surface area contributed by atoms with Crippen molar-refractivity contribution < 1.29 is 4.74 Å². The van der Waals surface area contributed by atoms with E-state index < -0.39 is 0 Å². The molecule has 1 aromatic heterocycles. The number of methoxy groups -OCH3 is 1. The molecule has 0 unspecified atom stereocenters. The van der Waals surface area contributed by atoms with Gasteiger partial charge in [0.05, 0.1) is 16.7 Å². The van der Waals surface area contributed by atoms with E-state index in [4.69, 9.17) is 21.6 Å². The Hall–Kier alpha value is -2.33. The molecule has 1 heterocycles. The highest BCUT2D eigenvalue weighted by molar-refractivity contribution is 7.98. The van der Waals surface area contributed by atoms with Gasteiger partial charge < -0.3 is 9.30 Å². The summed E-state index contributed by atoms with van der Waals surface area (Å²) in [7, 11) is 1.70. The predicted molar refractivity (Wildman–Crippen MR) is 108 cm³/mol. The number of nitriles is 1. The van der Waals surface area contributed by atoms with Crippen LogP contribution in [0.2, 0.25) is 5.02 Å². The lowest BCUT2D eigenvalue weighted by molar-refractivity contribution is 0.189. The monoisotopic (exact) mass is 398 g/mol. The third-order valence-electron chi connectivity index (χ3n) is 4.01. The standard InChI is InChI=1S/C20H19ClN4OS/c1-26-12-4-11-25-19(17-5-2-3-6-18(17)21)23-24-20(25)27-14-16-9-7-15(13-22)8-10-16/h2-3,5-10H,4,11-12,14H2,1H3. The van der Waals surface area contributed by atoms with Crippen LogP contribution in [0.1, 0.15) is 17.5 Å². The van der Waals surface area contributed by atoms with Gasteiger partial charge in [-0.05, 0) is 36.2 Å². The third kappa shape index (κ3) is 4.89. The lowest BCUT2D eigenvalue weighted by atomic mass is 10.2. The Labute approximate surface area is 167 Å². The smallest absolute Gasteiger partial charge is 0.191 e. The SMILES string of the molecule is COCCCn1c(SCc2ccc(C#N)cc2)nnc1-c1ccccc1Cl. The molecular formula is C20H19ClN4OS. The fourth-order valence-corrected chi connectivity index (χ4v) is 3.77. The zero-order valence-corrected chi connectivity index (χ0v) is 16.5. The van der Waals surface area contributed by atoms with Gasteiger partial charge in [-0.3, -0.25) is 0 Å². The molecular weight excluding hydrogens is 380 g/mol. The molecule has 3 aromatic rings. The van der Waals surface area contributed by atoms with Crippen LogP contribution in [0.4, 0.5) is 0 Å². The second-order valence-corrected chi connectivity index (χ2v) is 7.23. The summed E-state index contributed by atoms with van der Waals surface area (Å²) >= 11 is 7.98. The maximum atomic E-state index is 8.91. The molecule has 5 nitrogen and oxygen atoms in total. The third-order valence-corrected chi connectivity index (χ3v) is 5.38. The van der Waals surface area contributed by atoms with Crippen molar-refractivity contribution in [1.29, 1.82) is 5.26 Å². The zero-order valence-electron chi connectivity index (χ0n) is 14.9. The van der Waals surface area contributed by atoms with Crippen molar-refractivity contribution in [2.45, 2.75) is 23.9 Å². The fourth-order valence-electron chi connectivity index (χ4n) is 2.63. The first-order chi connectivity index (χ1) is 13.2. The quantitative estimate of drug-likeness (QED) is 0.403. The van der Waals surface area contributed by atoms with Gasteiger partial charge in [-0.15, -0.1) is 10.2 Å². The molecule has 27 heavy (non-hydrogen) atoms. The molecule has 2 aromatic carbocycles. The zero-order chi connectivity index (χ0) is 19.1. The van der Waals surface area contributed by atoms with Crippen molar-refractivity contribution in [1.82, 2.24) is 14.8 Å². The van der Waals surface area contributed by atoms with Crippen LogP contribution in [0, 0.1) is 11.3 Å². The average Bonchev–Trinajstić information content (AvgIpc) is 3.10. The maximum Gasteiger partial charge on any atom is 0.191 e. The number of hydrogen-bond acceptors (Lipinski definition) is 5. The van der Waals surface area contributed by atoms with Crippen molar-refractivity contribution in [2.24, 2.45) is 0 Å². The second-order valence-electron chi connectivity index (χ2n) is 5.88. The molecule has 0 aliphatic rings. The van der Waals surface area contributed by atoms with E-state index >= 15 is 0 Å². The molecule has 0 atom stereocenters. The normalized spacial score (nSPS) is 10.7. The van der Waals surface area contributed by atoms with Gasteiger partial charge in [0.2, 0.25) is 0 Å². The van der Waals surface area contributed by atoms with E-state index in [1.807, 2.05) is 48.5 Å². The van der Waals surface area contributed by atoms with Gasteiger partial charge in [-0.25, -0.2) is 0 Å². The van der Waals surface area contributed by atoms with Crippen molar-refractivity contribution in [3.8, 4) is 17.5 Å². The van der Waals surface area contributed by atoms with E-state index in [0.29, 0.717) is 17.2 Å². The summed E-state index contributed by atoms with van der Waals surface area (Å²) < 4.78 is 7.28. The number of benzene rings is 2. The van der Waals surface area contributed by atoms with Gasteiger partial charge in [-0.2, -0.15) is 5.26 Å². The van der Waals surface area contributed by atoms with Crippen molar-refractivity contribution in [3.63, 3.8) is 0 Å². The molecule has 3 rings (SSSR count). The molecule has 138 valence electrons. The number of rotatable bonds is 8. The molecule has 0 amide bonds. The summed E-state index contributed by atoms with van der Waals surface area (Å²) in [6.07, 6.45) is 0.858. The molecule has 0 bridgehead atoms. The van der Waals surface area contributed by atoms with Gasteiger partial charge in [0.15, 0.2) is 11.0 Å². The molecule has 7 heteroatoms. The van der Waals surface area contributed by atoms with Crippen LogP contribution in [0.3, 0.4) is 0 Å². The van der Waals surface area contributed by atoms with E-state index in [1.54, 1.807) is 18.9 Å². The minimum Gasteiger partial charge on any atom is -0.385 e. The Balaban J connectivity index is 1.83. The number of hydrogen-bond donors (Lipinski definition) is 0. The van der Waals surface area contributed by atoms with Crippen LogP contribution >= 0.6 is 23.4 Å². The summed E-state index contributed by atoms with van der Waals surface area (Å²) in [5.41, 5.74) is 2.66. The Bertz CT molecular complexity index is 934. The Kier molecular flexibility index (Phi) is 6.88. The highest BCUT2D eigenvalue weighted by Crippen LogP contribution is 2.30. The topological polar surface area (TPSA) is 63.7 Å². The van der Waals surface area contributed by atoms with Crippen LogP contribution in [0.25, 0.3) is 11.4 Å². The number of aromatic nitrogens is 3. The summed E-state index contributed by atoms with van der Waals surface area (Å²) in [6, 6.07) is 17.4. The molecule has 0 aliphatic heterocycles. The molecule has 0 radical (unpaired) electrons. The van der Waals surface area contributed by atoms with Gasteiger partial charge in [0, 0.05) is 31.6 Å². The Morgan fingerprint density at radius 3 is 2.63 bits per heavy atom. The largest absolute Gasteiger partial charge is 0.385 e. The molecule has 0 spiro atoms. The Morgan fingerprint density at radius 2 is 1.93 bits per heavy atom. The van der Waals surface area contributed by atoms with Crippen LogP contribution in [-0.4, -0.2) is 28.5 Å². The Morgan fingerprint density at radius 1 is 1.15 bits per heavy atom. The molecule has 0 aliphatic carbocycles. The van der Waals surface area contributed by atoms with E-state index in [-0.39, 0.29) is 0 Å². The molecule has 0 N–H and O–H groups in total. The van der Waals surface area contributed by atoms with E-state index in [9.17, 15) is 0 Å². The number of thioether (sulfide) groups is 1. The summed E-state index contributed by atoms with van der Waals surface area (Å²) in [5.74, 6) is 1.51. The van der Waals surface area contributed by atoms with Gasteiger partial charge in [-0.1, -0.05) is 47.6 Å². The lowest BCUT2D eigenvalue weighted by Gasteiger charge is -2.11. The van der Waals surface area contributed by atoms with E-state index in [0.717, 1.165) is 40.8 Å². The van der Waals surface area contributed by atoms with E-state index in [1.165, 1.54) is 0 Å². The number of nitrogens with zero attached hydrogens (tertiary/aromatic N) is 4. The van der Waals surface area contributed by atoms with Crippen LogP contribution < -0.4 is 0 Å². The molecule has 0 saturated carbocycles. The molecule has 0 saturated heterocycles. The first-order valence-corrected chi connectivity index (χ1v) is 9.88. The highest BCUT2D eigenvalue weighted by Gasteiger charge is 2.16. The lowest BCUT2D eigenvalue weighted by Crippen LogP contribution is -2.05. The van der Waals surface area contributed by atoms with Crippen molar-refractivity contribution in [2.75, 3.05) is 13.7 Å². The summed E-state index contributed by atoms with van der Waals surface area (Å²) in [4.78, 5) is 0. The molecule has 0 fully saturated rings.